The lowest BCUT2D eigenvalue weighted by molar-refractivity contribution is 0.277. The molecule has 0 radical (unpaired) electrons. The third-order valence-electron chi connectivity index (χ3n) is 2.36. The predicted molar refractivity (Wildman–Crippen MR) is 55.2 cm³/mol. The number of hydrogen-bond acceptors (Lipinski definition) is 2. The van der Waals surface area contributed by atoms with Crippen LogP contribution in [0.3, 0.4) is 0 Å². The van der Waals surface area contributed by atoms with E-state index in [9.17, 15) is 0 Å². The highest BCUT2D eigenvalue weighted by atomic mass is 16.3. The minimum absolute atomic E-state index is 0.00130. The van der Waals surface area contributed by atoms with Crippen LogP contribution in [0.4, 0.5) is 0 Å². The number of aromatic nitrogens is 2. The molecule has 0 atom stereocenters. The standard InChI is InChI=1S/C11H14N2O/c1-8(2)9-3-4-13-6-10(7-14)12-11(13)5-9/h3-6,8,14H,7H2,1-2H3. The Bertz CT molecular complexity index is 445. The molecule has 1 N–H and O–H groups in total. The van der Waals surface area contributed by atoms with Crippen LogP contribution in [0.15, 0.2) is 24.5 Å². The largest absolute Gasteiger partial charge is 0.390 e. The van der Waals surface area contributed by atoms with E-state index < -0.39 is 0 Å². The molecule has 2 aromatic rings. The topological polar surface area (TPSA) is 37.5 Å². The number of aliphatic hydroxyl groups excluding tert-OH is 1. The van der Waals surface area contributed by atoms with E-state index in [1.165, 1.54) is 5.56 Å². The van der Waals surface area contributed by atoms with Crippen molar-refractivity contribution in [2.45, 2.75) is 26.4 Å². The molecule has 3 heteroatoms. The maximum Gasteiger partial charge on any atom is 0.137 e. The third-order valence-corrected chi connectivity index (χ3v) is 2.36. The summed E-state index contributed by atoms with van der Waals surface area (Å²) >= 11 is 0. The molecular formula is C11H14N2O. The van der Waals surface area contributed by atoms with Gasteiger partial charge in [0.25, 0.3) is 0 Å². The fourth-order valence-electron chi connectivity index (χ4n) is 1.49. The Morgan fingerprint density at radius 2 is 2.29 bits per heavy atom. The molecule has 0 bridgehead atoms. The fraction of sp³-hybridized carbons (Fsp3) is 0.364. The van der Waals surface area contributed by atoms with Crippen molar-refractivity contribution in [2.24, 2.45) is 0 Å². The highest BCUT2D eigenvalue weighted by molar-refractivity contribution is 5.43. The molecule has 2 heterocycles. The van der Waals surface area contributed by atoms with Gasteiger partial charge < -0.3 is 9.51 Å². The molecule has 2 rings (SSSR count). The number of pyridine rings is 1. The van der Waals surface area contributed by atoms with Crippen LogP contribution >= 0.6 is 0 Å². The van der Waals surface area contributed by atoms with E-state index in [1.54, 1.807) is 0 Å². The first kappa shape index (κ1) is 9.21. The summed E-state index contributed by atoms with van der Waals surface area (Å²) in [6.45, 7) is 4.31. The highest BCUT2D eigenvalue weighted by Crippen LogP contribution is 2.16. The Labute approximate surface area is 83.0 Å². The van der Waals surface area contributed by atoms with Crippen LogP contribution < -0.4 is 0 Å². The van der Waals surface area contributed by atoms with E-state index >= 15 is 0 Å². The van der Waals surface area contributed by atoms with Gasteiger partial charge in [0.1, 0.15) is 5.65 Å². The number of aliphatic hydroxyl groups is 1. The molecule has 3 nitrogen and oxygen atoms in total. The minimum atomic E-state index is -0.00130. The second kappa shape index (κ2) is 3.42. The summed E-state index contributed by atoms with van der Waals surface area (Å²) < 4.78 is 1.93. The Kier molecular flexibility index (Phi) is 2.25. The fourth-order valence-corrected chi connectivity index (χ4v) is 1.49. The lowest BCUT2D eigenvalue weighted by Crippen LogP contribution is -1.90. The molecule has 0 saturated carbocycles. The first-order chi connectivity index (χ1) is 6.70. The molecular weight excluding hydrogens is 176 g/mol. The van der Waals surface area contributed by atoms with E-state index in [-0.39, 0.29) is 6.61 Å². The summed E-state index contributed by atoms with van der Waals surface area (Å²) in [5, 5.41) is 8.94. The molecule has 0 saturated heterocycles. The first-order valence-corrected chi connectivity index (χ1v) is 4.79. The van der Waals surface area contributed by atoms with Gasteiger partial charge >= 0.3 is 0 Å². The molecule has 2 aromatic heterocycles. The van der Waals surface area contributed by atoms with Gasteiger partial charge in [-0.1, -0.05) is 13.8 Å². The quantitative estimate of drug-likeness (QED) is 0.786. The van der Waals surface area contributed by atoms with Crippen molar-refractivity contribution in [3.8, 4) is 0 Å². The van der Waals surface area contributed by atoms with E-state index in [2.05, 4.69) is 31.0 Å². The number of imidazole rings is 1. The summed E-state index contributed by atoms with van der Waals surface area (Å²) in [5.41, 5.74) is 2.89. The first-order valence-electron chi connectivity index (χ1n) is 4.79. The summed E-state index contributed by atoms with van der Waals surface area (Å²) in [6.07, 6.45) is 3.83. The average molecular weight is 190 g/mol. The number of nitrogens with zero attached hydrogens (tertiary/aromatic N) is 2. The molecule has 74 valence electrons. The van der Waals surface area contributed by atoms with Crippen molar-refractivity contribution in [2.75, 3.05) is 0 Å². The van der Waals surface area contributed by atoms with Gasteiger partial charge in [-0.3, -0.25) is 0 Å². The summed E-state index contributed by atoms with van der Waals surface area (Å²) in [7, 11) is 0. The summed E-state index contributed by atoms with van der Waals surface area (Å²) in [6, 6.07) is 4.14. The van der Waals surface area contributed by atoms with Crippen LogP contribution in [-0.2, 0) is 6.61 Å². The van der Waals surface area contributed by atoms with Crippen molar-refractivity contribution in [3.63, 3.8) is 0 Å². The Balaban J connectivity index is 2.54. The van der Waals surface area contributed by atoms with E-state index in [0.29, 0.717) is 11.6 Å². The smallest absolute Gasteiger partial charge is 0.137 e. The molecule has 0 aromatic carbocycles. The molecule has 0 aliphatic rings. The van der Waals surface area contributed by atoms with Gasteiger partial charge in [0.2, 0.25) is 0 Å². The minimum Gasteiger partial charge on any atom is -0.390 e. The van der Waals surface area contributed by atoms with Crippen molar-refractivity contribution >= 4 is 5.65 Å². The maximum atomic E-state index is 8.94. The summed E-state index contributed by atoms with van der Waals surface area (Å²) in [4.78, 5) is 4.29. The molecule has 0 unspecified atom stereocenters. The molecule has 0 aliphatic carbocycles. The van der Waals surface area contributed by atoms with Gasteiger partial charge in [-0.2, -0.15) is 0 Å². The number of fused-ring (bicyclic) bond motifs is 1. The van der Waals surface area contributed by atoms with Crippen molar-refractivity contribution in [1.82, 2.24) is 9.38 Å². The van der Waals surface area contributed by atoms with Crippen LogP contribution in [-0.4, -0.2) is 14.5 Å². The van der Waals surface area contributed by atoms with E-state index in [4.69, 9.17) is 5.11 Å². The molecule has 0 amide bonds. The predicted octanol–water partition coefficient (Wildman–Crippen LogP) is 1.95. The molecule has 14 heavy (non-hydrogen) atoms. The SMILES string of the molecule is CC(C)c1ccn2cc(CO)nc2c1. The van der Waals surface area contributed by atoms with Gasteiger partial charge in [0.05, 0.1) is 12.3 Å². The zero-order chi connectivity index (χ0) is 10.1. The molecule has 0 aliphatic heterocycles. The molecule has 0 fully saturated rings. The van der Waals surface area contributed by atoms with Gasteiger partial charge in [-0.05, 0) is 23.6 Å². The summed E-state index contributed by atoms with van der Waals surface area (Å²) in [5.74, 6) is 0.509. The average Bonchev–Trinajstić information content (AvgIpc) is 2.58. The van der Waals surface area contributed by atoms with Crippen molar-refractivity contribution in [3.05, 3.63) is 35.8 Å². The van der Waals surface area contributed by atoms with E-state index in [0.717, 1.165) is 5.65 Å². The normalized spacial score (nSPS) is 11.4. The van der Waals surface area contributed by atoms with E-state index in [1.807, 2.05) is 16.8 Å². The zero-order valence-corrected chi connectivity index (χ0v) is 8.44. The van der Waals surface area contributed by atoms with Gasteiger partial charge in [0, 0.05) is 12.4 Å². The second-order valence-electron chi connectivity index (χ2n) is 3.77. The van der Waals surface area contributed by atoms with Crippen LogP contribution in [0, 0.1) is 0 Å². The monoisotopic (exact) mass is 190 g/mol. The van der Waals surface area contributed by atoms with Crippen LogP contribution in [0.25, 0.3) is 5.65 Å². The van der Waals surface area contributed by atoms with Crippen molar-refractivity contribution < 1.29 is 5.11 Å². The third kappa shape index (κ3) is 1.51. The zero-order valence-electron chi connectivity index (χ0n) is 8.44. The lowest BCUT2D eigenvalue weighted by Gasteiger charge is -2.04. The Morgan fingerprint density at radius 1 is 1.50 bits per heavy atom. The van der Waals surface area contributed by atoms with Crippen molar-refractivity contribution in [1.29, 1.82) is 0 Å². The Morgan fingerprint density at radius 3 is 2.93 bits per heavy atom. The number of rotatable bonds is 2. The van der Waals surface area contributed by atoms with Crippen LogP contribution in [0.1, 0.15) is 31.0 Å². The Hall–Kier alpha value is -1.35. The van der Waals surface area contributed by atoms with Gasteiger partial charge in [0.15, 0.2) is 0 Å². The van der Waals surface area contributed by atoms with Gasteiger partial charge in [-0.15, -0.1) is 0 Å². The second-order valence-corrected chi connectivity index (χ2v) is 3.77. The number of hydrogen-bond donors (Lipinski definition) is 1. The highest BCUT2D eigenvalue weighted by Gasteiger charge is 2.03. The lowest BCUT2D eigenvalue weighted by atomic mass is 10.1. The maximum absolute atomic E-state index is 8.94. The van der Waals surface area contributed by atoms with Crippen LogP contribution in [0.5, 0.6) is 0 Å². The molecule has 0 spiro atoms. The van der Waals surface area contributed by atoms with Crippen LogP contribution in [0.2, 0.25) is 0 Å². The van der Waals surface area contributed by atoms with Gasteiger partial charge in [-0.25, -0.2) is 4.98 Å².